The maximum Gasteiger partial charge on any atom is 0.326 e. The highest BCUT2D eigenvalue weighted by Crippen LogP contribution is 2.00. The molecular formula is C11H16N4O3. The first-order chi connectivity index (χ1) is 8.54. The first kappa shape index (κ1) is 13.9. The molecule has 98 valence electrons. The van der Waals surface area contributed by atoms with Crippen molar-refractivity contribution in [3.8, 4) is 0 Å². The summed E-state index contributed by atoms with van der Waals surface area (Å²) in [5.74, 6) is -1.63. The summed E-state index contributed by atoms with van der Waals surface area (Å²) in [4.78, 5) is 29.2. The van der Waals surface area contributed by atoms with Crippen molar-refractivity contribution in [3.05, 3.63) is 30.9 Å². The number of carboxylic acids is 1. The maximum atomic E-state index is 11.6. The molecule has 2 unspecified atom stereocenters. The molecule has 1 aromatic rings. The number of hydrogen-bond acceptors (Lipinski definition) is 4. The van der Waals surface area contributed by atoms with E-state index in [1.807, 2.05) is 0 Å². The fourth-order valence-corrected chi connectivity index (χ4v) is 1.38. The van der Waals surface area contributed by atoms with Crippen molar-refractivity contribution in [1.29, 1.82) is 0 Å². The van der Waals surface area contributed by atoms with Crippen LogP contribution >= 0.6 is 0 Å². The van der Waals surface area contributed by atoms with E-state index in [-0.39, 0.29) is 6.42 Å². The molecule has 1 rings (SSSR count). The average Bonchev–Trinajstić information content (AvgIpc) is 2.81. The second kappa shape index (κ2) is 6.55. The highest BCUT2D eigenvalue weighted by Gasteiger charge is 2.23. The lowest BCUT2D eigenvalue weighted by molar-refractivity contribution is -0.142. The van der Waals surface area contributed by atoms with Gasteiger partial charge in [0.15, 0.2) is 0 Å². The van der Waals surface area contributed by atoms with E-state index in [4.69, 9.17) is 10.8 Å². The number of H-pyrrole nitrogens is 1. The molecule has 0 aliphatic rings. The van der Waals surface area contributed by atoms with Crippen LogP contribution in [0.5, 0.6) is 0 Å². The fraction of sp³-hybridized carbons (Fsp3) is 0.364. The predicted octanol–water partition coefficient (Wildman–Crippen LogP) is -0.575. The molecular weight excluding hydrogens is 236 g/mol. The summed E-state index contributed by atoms with van der Waals surface area (Å²) in [6.07, 6.45) is 4.88. The number of carboxylic acid groups (broad SMARTS) is 1. The van der Waals surface area contributed by atoms with Gasteiger partial charge in [0.05, 0.1) is 12.4 Å². The smallest absolute Gasteiger partial charge is 0.326 e. The van der Waals surface area contributed by atoms with Crippen LogP contribution in [0.1, 0.15) is 12.1 Å². The van der Waals surface area contributed by atoms with Crippen LogP contribution in [0, 0.1) is 0 Å². The lowest BCUT2D eigenvalue weighted by Crippen LogP contribution is -2.49. The Morgan fingerprint density at radius 3 is 2.89 bits per heavy atom. The van der Waals surface area contributed by atoms with Crippen LogP contribution in [0.2, 0.25) is 0 Å². The Balaban J connectivity index is 2.60. The Kier molecular flexibility index (Phi) is 5.06. The average molecular weight is 252 g/mol. The van der Waals surface area contributed by atoms with Crippen LogP contribution in [-0.2, 0) is 16.0 Å². The van der Waals surface area contributed by atoms with Gasteiger partial charge in [0.25, 0.3) is 0 Å². The Labute approximate surface area is 104 Å². The molecule has 7 heteroatoms. The molecule has 5 N–H and O–H groups in total. The number of amides is 1. The first-order valence-corrected chi connectivity index (χ1v) is 5.41. The molecule has 0 fully saturated rings. The third-order valence-electron chi connectivity index (χ3n) is 2.35. The quantitative estimate of drug-likeness (QED) is 0.484. The van der Waals surface area contributed by atoms with Crippen LogP contribution in [0.25, 0.3) is 0 Å². The third kappa shape index (κ3) is 4.02. The number of aromatic amines is 1. The summed E-state index contributed by atoms with van der Waals surface area (Å²) < 4.78 is 0. The minimum absolute atomic E-state index is 0.127. The minimum Gasteiger partial charge on any atom is -0.480 e. The van der Waals surface area contributed by atoms with Gasteiger partial charge in [-0.3, -0.25) is 4.79 Å². The van der Waals surface area contributed by atoms with Crippen molar-refractivity contribution in [2.75, 3.05) is 0 Å². The third-order valence-corrected chi connectivity index (χ3v) is 2.35. The van der Waals surface area contributed by atoms with Gasteiger partial charge < -0.3 is 21.1 Å². The second-order valence-electron chi connectivity index (χ2n) is 3.81. The lowest BCUT2D eigenvalue weighted by atomic mass is 10.1. The van der Waals surface area contributed by atoms with Crippen molar-refractivity contribution in [1.82, 2.24) is 15.3 Å². The zero-order valence-corrected chi connectivity index (χ0v) is 9.80. The normalized spacial score (nSPS) is 13.6. The highest BCUT2D eigenvalue weighted by molar-refractivity contribution is 5.87. The summed E-state index contributed by atoms with van der Waals surface area (Å²) in [7, 11) is 0. The lowest BCUT2D eigenvalue weighted by Gasteiger charge is -2.16. The number of carbonyl (C=O) groups is 2. The van der Waals surface area contributed by atoms with E-state index >= 15 is 0 Å². The Hall–Kier alpha value is -2.15. The number of rotatable bonds is 7. The van der Waals surface area contributed by atoms with Crippen molar-refractivity contribution >= 4 is 11.9 Å². The van der Waals surface area contributed by atoms with Gasteiger partial charge in [0.2, 0.25) is 5.91 Å². The first-order valence-electron chi connectivity index (χ1n) is 5.41. The van der Waals surface area contributed by atoms with Crippen LogP contribution < -0.4 is 11.1 Å². The number of nitrogens with one attached hydrogen (secondary N) is 2. The van der Waals surface area contributed by atoms with E-state index in [0.29, 0.717) is 12.1 Å². The molecule has 0 saturated heterocycles. The largest absolute Gasteiger partial charge is 0.480 e. The Morgan fingerprint density at radius 1 is 1.67 bits per heavy atom. The SMILES string of the molecule is C=CCC(N)C(=O)NC(Cc1cnc[nH]1)C(=O)O. The highest BCUT2D eigenvalue weighted by atomic mass is 16.4. The molecule has 7 nitrogen and oxygen atoms in total. The number of nitrogens with zero attached hydrogens (tertiary/aromatic N) is 1. The van der Waals surface area contributed by atoms with E-state index in [0.717, 1.165) is 0 Å². The summed E-state index contributed by atoms with van der Waals surface area (Å²) >= 11 is 0. The van der Waals surface area contributed by atoms with Crippen LogP contribution in [-0.4, -0.2) is 39.0 Å². The van der Waals surface area contributed by atoms with E-state index in [1.54, 1.807) is 0 Å². The monoisotopic (exact) mass is 252 g/mol. The van der Waals surface area contributed by atoms with Crippen molar-refractivity contribution in [3.63, 3.8) is 0 Å². The van der Waals surface area contributed by atoms with Gasteiger partial charge in [-0.05, 0) is 6.42 Å². The summed E-state index contributed by atoms with van der Waals surface area (Å²) in [6.45, 7) is 3.47. The number of nitrogens with two attached hydrogens (primary N) is 1. The van der Waals surface area contributed by atoms with E-state index in [2.05, 4.69) is 21.9 Å². The maximum absolute atomic E-state index is 11.6. The van der Waals surface area contributed by atoms with Gasteiger partial charge in [0, 0.05) is 18.3 Å². The molecule has 0 bridgehead atoms. The van der Waals surface area contributed by atoms with Gasteiger partial charge in [-0.2, -0.15) is 0 Å². The van der Waals surface area contributed by atoms with Gasteiger partial charge in [-0.25, -0.2) is 9.78 Å². The second-order valence-corrected chi connectivity index (χ2v) is 3.81. The van der Waals surface area contributed by atoms with E-state index in [1.165, 1.54) is 18.6 Å². The molecule has 0 aromatic carbocycles. The fourth-order valence-electron chi connectivity index (χ4n) is 1.38. The van der Waals surface area contributed by atoms with Crippen molar-refractivity contribution in [2.45, 2.75) is 24.9 Å². The number of hydrogen-bond donors (Lipinski definition) is 4. The number of carbonyl (C=O) groups excluding carboxylic acids is 1. The zero-order chi connectivity index (χ0) is 13.5. The molecule has 1 amide bonds. The summed E-state index contributed by atoms with van der Waals surface area (Å²) in [5, 5.41) is 11.4. The van der Waals surface area contributed by atoms with Crippen LogP contribution in [0.3, 0.4) is 0 Å². The number of aromatic nitrogens is 2. The number of imidazole rings is 1. The molecule has 0 aliphatic heterocycles. The van der Waals surface area contributed by atoms with Crippen LogP contribution in [0.15, 0.2) is 25.2 Å². The molecule has 1 heterocycles. The predicted molar refractivity (Wildman–Crippen MR) is 64.6 cm³/mol. The standard InChI is InChI=1S/C11H16N4O3/c1-2-3-8(12)10(16)15-9(11(17)18)4-7-5-13-6-14-7/h2,5-6,8-9H,1,3-4,12H2,(H,13,14)(H,15,16)(H,17,18). The minimum atomic E-state index is -1.12. The Morgan fingerprint density at radius 2 is 2.39 bits per heavy atom. The van der Waals surface area contributed by atoms with Crippen molar-refractivity contribution in [2.24, 2.45) is 5.73 Å². The molecule has 0 saturated carbocycles. The molecule has 2 atom stereocenters. The van der Waals surface area contributed by atoms with Gasteiger partial charge in [0.1, 0.15) is 6.04 Å². The zero-order valence-electron chi connectivity index (χ0n) is 9.80. The molecule has 0 aliphatic carbocycles. The van der Waals surface area contributed by atoms with E-state index in [9.17, 15) is 9.59 Å². The van der Waals surface area contributed by atoms with Gasteiger partial charge in [-0.1, -0.05) is 6.08 Å². The van der Waals surface area contributed by atoms with Gasteiger partial charge in [-0.15, -0.1) is 6.58 Å². The topological polar surface area (TPSA) is 121 Å². The molecule has 1 aromatic heterocycles. The number of aliphatic carboxylic acids is 1. The van der Waals surface area contributed by atoms with Crippen LogP contribution in [0.4, 0.5) is 0 Å². The summed E-state index contributed by atoms with van der Waals surface area (Å²) in [6, 6.07) is -1.82. The van der Waals surface area contributed by atoms with Gasteiger partial charge >= 0.3 is 5.97 Å². The van der Waals surface area contributed by atoms with Crippen molar-refractivity contribution < 1.29 is 14.7 Å². The molecule has 18 heavy (non-hydrogen) atoms. The van der Waals surface area contributed by atoms with E-state index < -0.39 is 24.0 Å². The molecule has 0 radical (unpaired) electrons. The molecule has 0 spiro atoms. The Bertz CT molecular complexity index is 416. The summed E-state index contributed by atoms with van der Waals surface area (Å²) in [5.41, 5.74) is 6.18.